The summed E-state index contributed by atoms with van der Waals surface area (Å²) in [6.07, 6.45) is 0. The van der Waals surface area contributed by atoms with Crippen molar-refractivity contribution < 1.29 is 4.92 Å². The third-order valence-corrected chi connectivity index (χ3v) is 2.17. The lowest BCUT2D eigenvalue weighted by molar-refractivity contribution is -0.387. The normalized spacial score (nSPS) is 10.5. The first-order valence-corrected chi connectivity index (χ1v) is 4.26. The lowest BCUT2D eigenvalue weighted by Crippen LogP contribution is -1.87. The number of nitro groups is 1. The summed E-state index contributed by atoms with van der Waals surface area (Å²) in [7, 11) is 0. The van der Waals surface area contributed by atoms with Gasteiger partial charge in [-0.25, -0.2) is 0 Å². The summed E-state index contributed by atoms with van der Waals surface area (Å²) in [4.78, 5) is 10.0. The van der Waals surface area contributed by atoms with Crippen LogP contribution in [0.1, 0.15) is 0 Å². The molecule has 1 aromatic carbocycles. The Morgan fingerprint density at radius 2 is 2.31 bits per heavy atom. The first kappa shape index (κ1) is 8.18. The summed E-state index contributed by atoms with van der Waals surface area (Å²) in [5.41, 5.74) is 0.593. The molecule has 0 aliphatic rings. The maximum Gasteiger partial charge on any atom is 0.350 e. The van der Waals surface area contributed by atoms with Gasteiger partial charge in [0.25, 0.3) is 0 Å². The number of aromatic nitrogens is 2. The molecule has 2 rings (SSSR count). The van der Waals surface area contributed by atoms with E-state index in [0.29, 0.717) is 10.9 Å². The van der Waals surface area contributed by atoms with Gasteiger partial charge in [-0.1, -0.05) is 21.0 Å². The number of rotatable bonds is 1. The highest BCUT2D eigenvalue weighted by Crippen LogP contribution is 2.25. The number of nitrogens with zero attached hydrogens (tertiary/aromatic N) is 2. The van der Waals surface area contributed by atoms with Crippen molar-refractivity contribution in [3.05, 3.63) is 32.8 Å². The molecule has 13 heavy (non-hydrogen) atoms. The minimum Gasteiger partial charge on any atom is -0.358 e. The number of H-pyrrole nitrogens is 1. The van der Waals surface area contributed by atoms with E-state index in [4.69, 9.17) is 0 Å². The van der Waals surface area contributed by atoms with Crippen LogP contribution in [0.25, 0.3) is 10.9 Å². The molecule has 0 spiro atoms. The van der Waals surface area contributed by atoms with Gasteiger partial charge in [-0.3, -0.25) is 0 Å². The Morgan fingerprint density at radius 1 is 1.54 bits per heavy atom. The highest BCUT2D eigenvalue weighted by Gasteiger charge is 2.13. The van der Waals surface area contributed by atoms with Crippen molar-refractivity contribution in [3.8, 4) is 0 Å². The van der Waals surface area contributed by atoms with Gasteiger partial charge in [-0.15, -0.1) is 5.10 Å². The van der Waals surface area contributed by atoms with Crippen LogP contribution in [0, 0.1) is 10.1 Å². The van der Waals surface area contributed by atoms with Gasteiger partial charge >= 0.3 is 5.82 Å². The smallest absolute Gasteiger partial charge is 0.350 e. The molecule has 6 heteroatoms. The van der Waals surface area contributed by atoms with E-state index in [1.165, 1.54) is 0 Å². The van der Waals surface area contributed by atoms with E-state index < -0.39 is 4.92 Å². The Morgan fingerprint density at radius 3 is 3.00 bits per heavy atom. The van der Waals surface area contributed by atoms with Crippen molar-refractivity contribution >= 4 is 32.7 Å². The molecule has 2 aromatic rings. The van der Waals surface area contributed by atoms with Gasteiger partial charge in [0.2, 0.25) is 0 Å². The van der Waals surface area contributed by atoms with Crippen LogP contribution in [-0.2, 0) is 0 Å². The summed E-state index contributed by atoms with van der Waals surface area (Å²) < 4.78 is 0.796. The summed E-state index contributed by atoms with van der Waals surface area (Å²) in [5, 5.41) is 17.2. The zero-order valence-corrected chi connectivity index (χ0v) is 7.91. The van der Waals surface area contributed by atoms with Gasteiger partial charge in [0.1, 0.15) is 10.9 Å². The van der Waals surface area contributed by atoms with E-state index in [1.807, 2.05) is 0 Å². The summed E-state index contributed by atoms with van der Waals surface area (Å²) in [5.74, 6) is -0.0729. The van der Waals surface area contributed by atoms with Crippen molar-refractivity contribution in [2.75, 3.05) is 0 Å². The van der Waals surface area contributed by atoms with E-state index in [2.05, 4.69) is 26.1 Å². The molecule has 1 N–H and O–H groups in total. The number of fused-ring (bicyclic) bond motifs is 1. The second-order valence-corrected chi connectivity index (χ2v) is 3.41. The molecule has 0 saturated heterocycles. The second-order valence-electron chi connectivity index (χ2n) is 2.49. The zero-order valence-electron chi connectivity index (χ0n) is 6.32. The Kier molecular flexibility index (Phi) is 1.77. The van der Waals surface area contributed by atoms with E-state index in [1.54, 1.807) is 18.2 Å². The van der Waals surface area contributed by atoms with Gasteiger partial charge in [0.15, 0.2) is 0 Å². The largest absolute Gasteiger partial charge is 0.358 e. The lowest BCUT2D eigenvalue weighted by Gasteiger charge is -1.90. The third-order valence-electron chi connectivity index (χ3n) is 1.68. The van der Waals surface area contributed by atoms with Gasteiger partial charge in [-0.2, -0.15) is 0 Å². The molecule has 0 atom stereocenters. The molecule has 0 aliphatic carbocycles. The van der Waals surface area contributed by atoms with Crippen LogP contribution in [0.2, 0.25) is 0 Å². The molecular weight excluding hydrogens is 238 g/mol. The average molecular weight is 242 g/mol. The van der Waals surface area contributed by atoms with Crippen LogP contribution in [0.4, 0.5) is 5.82 Å². The second kappa shape index (κ2) is 2.81. The molecule has 0 amide bonds. The van der Waals surface area contributed by atoms with Gasteiger partial charge < -0.3 is 10.1 Å². The van der Waals surface area contributed by atoms with Crippen molar-refractivity contribution in [1.82, 2.24) is 10.2 Å². The van der Waals surface area contributed by atoms with E-state index in [9.17, 15) is 10.1 Å². The molecule has 0 unspecified atom stereocenters. The minimum atomic E-state index is -0.484. The van der Waals surface area contributed by atoms with Crippen LogP contribution in [-0.4, -0.2) is 15.1 Å². The summed E-state index contributed by atoms with van der Waals surface area (Å²) >= 11 is 3.24. The number of hydrogen-bond donors (Lipinski definition) is 1. The van der Waals surface area contributed by atoms with Crippen LogP contribution in [0.5, 0.6) is 0 Å². The molecule has 66 valence electrons. The summed E-state index contributed by atoms with van der Waals surface area (Å²) in [6.45, 7) is 0. The Hall–Kier alpha value is -1.43. The maximum absolute atomic E-state index is 10.5. The van der Waals surface area contributed by atoms with Crippen molar-refractivity contribution in [1.29, 1.82) is 0 Å². The Balaban J connectivity index is 2.79. The SMILES string of the molecule is O=[N+]([O-])c1[nH]nc2ccc(Br)cc12. The zero-order chi connectivity index (χ0) is 9.42. The van der Waals surface area contributed by atoms with Crippen molar-refractivity contribution in [3.63, 3.8) is 0 Å². The third kappa shape index (κ3) is 1.29. The van der Waals surface area contributed by atoms with Gasteiger partial charge in [0.05, 0.1) is 0 Å². The summed E-state index contributed by atoms with van der Waals surface area (Å²) in [6, 6.07) is 5.16. The topological polar surface area (TPSA) is 71.8 Å². The fourth-order valence-electron chi connectivity index (χ4n) is 1.11. The number of halogens is 1. The van der Waals surface area contributed by atoms with Gasteiger partial charge in [0, 0.05) is 4.47 Å². The quantitative estimate of drug-likeness (QED) is 0.615. The number of hydrogen-bond acceptors (Lipinski definition) is 3. The first-order chi connectivity index (χ1) is 6.18. The van der Waals surface area contributed by atoms with E-state index in [0.717, 1.165) is 4.47 Å². The van der Waals surface area contributed by atoms with Crippen LogP contribution >= 0.6 is 15.9 Å². The van der Waals surface area contributed by atoms with E-state index >= 15 is 0 Å². The Labute approximate surface area is 81.0 Å². The maximum atomic E-state index is 10.5. The standard InChI is InChI=1S/C7H4BrN3O2/c8-4-1-2-6-5(3-4)7(10-9-6)11(12)13/h1-3H,(H,9,10). The first-order valence-electron chi connectivity index (χ1n) is 3.46. The van der Waals surface area contributed by atoms with Crippen molar-refractivity contribution in [2.45, 2.75) is 0 Å². The predicted molar refractivity (Wildman–Crippen MR) is 50.4 cm³/mol. The number of aromatic amines is 1. The highest BCUT2D eigenvalue weighted by atomic mass is 79.9. The fourth-order valence-corrected chi connectivity index (χ4v) is 1.47. The molecular formula is C7H4BrN3O2. The number of benzene rings is 1. The van der Waals surface area contributed by atoms with Crippen molar-refractivity contribution in [2.24, 2.45) is 0 Å². The minimum absolute atomic E-state index is 0.0729. The Bertz CT molecular complexity index is 480. The molecule has 0 fully saturated rings. The molecule has 0 radical (unpaired) electrons. The lowest BCUT2D eigenvalue weighted by atomic mass is 10.2. The average Bonchev–Trinajstić information content (AvgIpc) is 2.46. The number of nitrogens with one attached hydrogen (secondary N) is 1. The molecule has 1 heterocycles. The van der Waals surface area contributed by atoms with Crippen LogP contribution in [0.15, 0.2) is 22.7 Å². The molecule has 0 bridgehead atoms. The molecule has 0 saturated carbocycles. The van der Waals surface area contributed by atoms with Crippen LogP contribution in [0.3, 0.4) is 0 Å². The van der Waals surface area contributed by atoms with E-state index in [-0.39, 0.29) is 5.82 Å². The predicted octanol–water partition coefficient (Wildman–Crippen LogP) is 2.23. The monoisotopic (exact) mass is 241 g/mol. The molecule has 1 aromatic heterocycles. The van der Waals surface area contributed by atoms with Crippen LogP contribution < -0.4 is 0 Å². The molecule has 5 nitrogen and oxygen atoms in total. The fraction of sp³-hybridized carbons (Fsp3) is 0. The van der Waals surface area contributed by atoms with Gasteiger partial charge in [-0.05, 0) is 23.1 Å². The highest BCUT2D eigenvalue weighted by molar-refractivity contribution is 9.10. The molecule has 0 aliphatic heterocycles.